The van der Waals surface area contributed by atoms with Crippen LogP contribution in [0.1, 0.15) is 303 Å². The molecule has 0 fully saturated rings. The molecule has 0 N–H and O–H groups in total. The highest BCUT2D eigenvalue weighted by Gasteiger charge is 2.19. The van der Waals surface area contributed by atoms with Gasteiger partial charge in [-0.25, -0.2) is 0 Å². The smallest absolute Gasteiger partial charge is 0.306 e. The highest BCUT2D eigenvalue weighted by Crippen LogP contribution is 2.16. The van der Waals surface area contributed by atoms with Crippen LogP contribution in [0.5, 0.6) is 0 Å². The standard InChI is InChI=1S/C73H122O6/c1-4-7-10-13-16-19-22-25-28-30-32-33-34-35-36-37-38-39-40-41-42-44-45-48-51-54-57-60-63-66-72(75)78-69-70(68-77-71(74)65-62-59-56-53-50-47-27-24-21-18-15-12-9-6-3)79-73(76)67-64-61-58-55-52-49-46-43-31-29-26-23-20-17-14-11-8-5-2/h7,10,16,19,24-25,27-28,32-33,35-36,38-39,41-42,45,48,54,57,70H,4-6,8-9,11-15,17-18,20-23,26,29-31,34,37,40,43-44,46-47,49-53,55-56,58-69H2,1-3H3/b10-7-,19-16-,27-24-,28-25-,33-32-,36-35-,39-38-,42-41-,48-45-,57-54-. The Morgan fingerprint density at radius 1 is 0.266 bits per heavy atom. The minimum Gasteiger partial charge on any atom is -0.462 e. The maximum atomic E-state index is 12.9. The summed E-state index contributed by atoms with van der Waals surface area (Å²) in [4.78, 5) is 38.3. The fraction of sp³-hybridized carbons (Fsp3) is 0.685. The van der Waals surface area contributed by atoms with E-state index in [9.17, 15) is 14.4 Å². The van der Waals surface area contributed by atoms with Gasteiger partial charge in [0.15, 0.2) is 6.10 Å². The van der Waals surface area contributed by atoms with Gasteiger partial charge in [-0.3, -0.25) is 14.4 Å². The second-order valence-electron chi connectivity index (χ2n) is 21.6. The molecule has 0 aromatic rings. The van der Waals surface area contributed by atoms with Gasteiger partial charge in [-0.1, -0.05) is 296 Å². The second-order valence-corrected chi connectivity index (χ2v) is 21.6. The van der Waals surface area contributed by atoms with Crippen LogP contribution in [0.2, 0.25) is 0 Å². The van der Waals surface area contributed by atoms with Crippen molar-refractivity contribution in [2.24, 2.45) is 0 Å². The Kier molecular flexibility index (Phi) is 62.8. The Balaban J connectivity index is 4.44. The molecule has 6 heteroatoms. The molecule has 1 atom stereocenters. The lowest BCUT2D eigenvalue weighted by Gasteiger charge is -2.18. The molecule has 0 aromatic carbocycles. The first-order valence-corrected chi connectivity index (χ1v) is 33.0. The van der Waals surface area contributed by atoms with Crippen molar-refractivity contribution in [3.8, 4) is 0 Å². The summed E-state index contributed by atoms with van der Waals surface area (Å²) >= 11 is 0. The van der Waals surface area contributed by atoms with E-state index in [1.165, 1.54) is 141 Å². The molecule has 0 aliphatic carbocycles. The molecule has 450 valence electrons. The van der Waals surface area contributed by atoms with Gasteiger partial charge in [0.25, 0.3) is 0 Å². The van der Waals surface area contributed by atoms with Gasteiger partial charge in [-0.2, -0.15) is 0 Å². The molecule has 6 nitrogen and oxygen atoms in total. The number of ether oxygens (including phenoxy) is 3. The summed E-state index contributed by atoms with van der Waals surface area (Å²) in [6.07, 6.45) is 92.1. The van der Waals surface area contributed by atoms with Gasteiger partial charge in [-0.05, 0) is 109 Å². The van der Waals surface area contributed by atoms with E-state index in [4.69, 9.17) is 14.2 Å². The van der Waals surface area contributed by atoms with E-state index in [0.29, 0.717) is 19.3 Å². The van der Waals surface area contributed by atoms with E-state index in [2.05, 4.69) is 142 Å². The third kappa shape index (κ3) is 64.5. The Morgan fingerprint density at radius 2 is 0.506 bits per heavy atom. The molecule has 0 aliphatic heterocycles. The predicted octanol–water partition coefficient (Wildman–Crippen LogP) is 22.8. The zero-order valence-electron chi connectivity index (χ0n) is 51.6. The van der Waals surface area contributed by atoms with Gasteiger partial charge in [0.05, 0.1) is 0 Å². The molecule has 0 aromatic heterocycles. The average molecular weight is 1100 g/mol. The summed E-state index contributed by atoms with van der Waals surface area (Å²) in [5.74, 6) is -0.961. The van der Waals surface area contributed by atoms with Crippen LogP contribution >= 0.6 is 0 Å². The van der Waals surface area contributed by atoms with Gasteiger partial charge in [0.1, 0.15) is 13.2 Å². The van der Waals surface area contributed by atoms with E-state index in [1.54, 1.807) is 0 Å². The number of carbonyl (C=O) groups excluding carboxylic acids is 3. The van der Waals surface area contributed by atoms with Gasteiger partial charge in [0.2, 0.25) is 0 Å². The van der Waals surface area contributed by atoms with Crippen molar-refractivity contribution in [3.05, 3.63) is 122 Å². The number of hydrogen-bond acceptors (Lipinski definition) is 6. The van der Waals surface area contributed by atoms with E-state index >= 15 is 0 Å². The molecule has 79 heavy (non-hydrogen) atoms. The van der Waals surface area contributed by atoms with Crippen molar-refractivity contribution >= 4 is 17.9 Å². The average Bonchev–Trinajstić information content (AvgIpc) is 3.45. The fourth-order valence-corrected chi connectivity index (χ4v) is 9.03. The lowest BCUT2D eigenvalue weighted by Crippen LogP contribution is -2.30. The second kappa shape index (κ2) is 66.3. The van der Waals surface area contributed by atoms with Crippen molar-refractivity contribution in [2.75, 3.05) is 13.2 Å². The van der Waals surface area contributed by atoms with Crippen molar-refractivity contribution < 1.29 is 28.6 Å². The summed E-state index contributed by atoms with van der Waals surface area (Å²) < 4.78 is 16.9. The van der Waals surface area contributed by atoms with Crippen LogP contribution in [0.15, 0.2) is 122 Å². The van der Waals surface area contributed by atoms with Crippen molar-refractivity contribution in [3.63, 3.8) is 0 Å². The van der Waals surface area contributed by atoms with E-state index in [0.717, 1.165) is 116 Å². The summed E-state index contributed by atoms with van der Waals surface area (Å²) in [5, 5.41) is 0. The van der Waals surface area contributed by atoms with Crippen LogP contribution in [0.3, 0.4) is 0 Å². The zero-order valence-corrected chi connectivity index (χ0v) is 51.6. The minimum atomic E-state index is -0.807. The summed E-state index contributed by atoms with van der Waals surface area (Å²) in [6.45, 7) is 6.49. The van der Waals surface area contributed by atoms with Crippen molar-refractivity contribution in [2.45, 2.75) is 309 Å². The normalized spacial score (nSPS) is 12.9. The van der Waals surface area contributed by atoms with Crippen LogP contribution < -0.4 is 0 Å². The molecule has 0 aliphatic rings. The largest absolute Gasteiger partial charge is 0.462 e. The van der Waals surface area contributed by atoms with Crippen LogP contribution in [0.4, 0.5) is 0 Å². The van der Waals surface area contributed by atoms with Crippen molar-refractivity contribution in [1.82, 2.24) is 0 Å². The molecule has 0 heterocycles. The molecule has 0 saturated heterocycles. The van der Waals surface area contributed by atoms with Crippen LogP contribution in [-0.2, 0) is 28.6 Å². The van der Waals surface area contributed by atoms with E-state index in [1.807, 2.05) is 0 Å². The summed E-state index contributed by atoms with van der Waals surface area (Å²) in [5.41, 5.74) is 0. The minimum absolute atomic E-state index is 0.0998. The molecule has 0 bridgehead atoms. The molecule has 0 saturated carbocycles. The van der Waals surface area contributed by atoms with Gasteiger partial charge in [0, 0.05) is 19.3 Å². The van der Waals surface area contributed by atoms with E-state index in [-0.39, 0.29) is 37.5 Å². The number of rotatable bonds is 59. The highest BCUT2D eigenvalue weighted by atomic mass is 16.6. The third-order valence-corrected chi connectivity index (χ3v) is 14.0. The highest BCUT2D eigenvalue weighted by molar-refractivity contribution is 5.71. The topological polar surface area (TPSA) is 78.9 Å². The summed E-state index contributed by atoms with van der Waals surface area (Å²) in [6, 6.07) is 0. The molecule has 0 spiro atoms. The molecule has 0 radical (unpaired) electrons. The molecular formula is C73H122O6. The van der Waals surface area contributed by atoms with Crippen molar-refractivity contribution in [1.29, 1.82) is 0 Å². The molecule has 1 unspecified atom stereocenters. The first-order valence-electron chi connectivity index (χ1n) is 33.0. The van der Waals surface area contributed by atoms with Gasteiger partial charge >= 0.3 is 17.9 Å². The SMILES string of the molecule is CC/C=C\C/C=C\C/C=C\C/C=C\C/C=C\C/C=C\C/C=C\C/C=C\C/C=C\CCCC(=O)OCC(COC(=O)CCCCCCC/C=C\CCCCCCC)OC(=O)CCCCCCCCCCCCCCCCCCCC. The zero-order chi connectivity index (χ0) is 57.1. The predicted molar refractivity (Wildman–Crippen MR) is 343 cm³/mol. The number of carbonyl (C=O) groups is 3. The molecular weight excluding hydrogens is 973 g/mol. The van der Waals surface area contributed by atoms with Crippen LogP contribution in [-0.4, -0.2) is 37.2 Å². The molecule has 0 rings (SSSR count). The lowest BCUT2D eigenvalue weighted by molar-refractivity contribution is -0.167. The first-order chi connectivity index (χ1) is 39.0. The van der Waals surface area contributed by atoms with E-state index < -0.39 is 6.10 Å². The Morgan fingerprint density at radius 3 is 0.835 bits per heavy atom. The Labute approximate surface area is 488 Å². The monoisotopic (exact) mass is 1090 g/mol. The molecule has 0 amide bonds. The van der Waals surface area contributed by atoms with Gasteiger partial charge in [-0.15, -0.1) is 0 Å². The number of hydrogen-bond donors (Lipinski definition) is 0. The van der Waals surface area contributed by atoms with Gasteiger partial charge < -0.3 is 14.2 Å². The lowest BCUT2D eigenvalue weighted by atomic mass is 10.0. The third-order valence-electron chi connectivity index (χ3n) is 14.0. The number of unbranched alkanes of at least 4 members (excludes halogenated alkanes) is 28. The number of esters is 3. The maximum absolute atomic E-state index is 12.9. The maximum Gasteiger partial charge on any atom is 0.306 e. The van der Waals surface area contributed by atoms with Crippen LogP contribution in [0.25, 0.3) is 0 Å². The first kappa shape index (κ1) is 74.8. The fourth-order valence-electron chi connectivity index (χ4n) is 9.03. The Hall–Kier alpha value is -4.19. The van der Waals surface area contributed by atoms with Crippen LogP contribution in [0, 0.1) is 0 Å². The quantitative estimate of drug-likeness (QED) is 0.0261. The summed E-state index contributed by atoms with van der Waals surface area (Å²) in [7, 11) is 0. The Bertz CT molecular complexity index is 1640. The number of allylic oxidation sites excluding steroid dienone is 20.